The zero-order chi connectivity index (χ0) is 24.4. The summed E-state index contributed by atoms with van der Waals surface area (Å²) < 4.78 is 98.2. The normalized spacial score (nSPS) is 11.8. The van der Waals surface area contributed by atoms with Crippen LogP contribution in [0.25, 0.3) is 0 Å². The first-order chi connectivity index (χ1) is 15.3. The lowest BCUT2D eigenvalue weighted by atomic mass is 10.1. The summed E-state index contributed by atoms with van der Waals surface area (Å²) in [4.78, 5) is 19.4. The Balaban J connectivity index is 1.94. The molecule has 0 aliphatic heterocycles. The molecule has 0 fully saturated rings. The second-order valence-corrected chi connectivity index (χ2v) is 6.55. The van der Waals surface area contributed by atoms with E-state index >= 15 is 0 Å². The fourth-order valence-electron chi connectivity index (χ4n) is 2.37. The Bertz CT molecular complexity index is 1170. The predicted octanol–water partition coefficient (Wildman–Crippen LogP) is 6.23. The van der Waals surface area contributed by atoms with Gasteiger partial charge in [-0.2, -0.15) is 17.6 Å². The molecule has 0 saturated carbocycles. The zero-order valence-electron chi connectivity index (χ0n) is 15.8. The van der Waals surface area contributed by atoms with Crippen LogP contribution in [0.2, 0.25) is 5.02 Å². The Kier molecular flexibility index (Phi) is 6.63. The van der Waals surface area contributed by atoms with Crippen molar-refractivity contribution < 1.29 is 45.0 Å². The summed E-state index contributed by atoms with van der Waals surface area (Å²) in [6, 6.07) is 4.99. The van der Waals surface area contributed by atoms with Crippen LogP contribution in [0.4, 0.5) is 36.4 Å². The molecule has 0 aliphatic rings. The molecular weight excluding hydrogens is 487 g/mol. The minimum Gasteiger partial charge on any atom is -0.437 e. The van der Waals surface area contributed by atoms with Gasteiger partial charge in [0.2, 0.25) is 11.8 Å². The maximum Gasteiger partial charge on any atom is 0.573 e. The number of nitrogens with zero attached hydrogens (tertiary/aromatic N) is 2. The van der Waals surface area contributed by atoms with E-state index in [1.54, 1.807) is 0 Å². The molecule has 0 spiro atoms. The number of amides is 1. The topological polar surface area (TPSA) is 73.3 Å². The highest BCUT2D eigenvalue weighted by atomic mass is 35.5. The van der Waals surface area contributed by atoms with Crippen LogP contribution in [0.15, 0.2) is 48.8 Å². The third kappa shape index (κ3) is 6.44. The van der Waals surface area contributed by atoms with Gasteiger partial charge in [-0.15, -0.1) is 13.2 Å². The molecule has 3 aromatic rings. The van der Waals surface area contributed by atoms with E-state index in [1.807, 2.05) is 0 Å². The Hall–Kier alpha value is -3.61. The highest BCUT2D eigenvalue weighted by Gasteiger charge is 2.33. The summed E-state index contributed by atoms with van der Waals surface area (Å²) in [6.45, 7) is 0. The van der Waals surface area contributed by atoms with Gasteiger partial charge < -0.3 is 14.8 Å². The number of rotatable bonds is 5. The molecule has 0 aliphatic carbocycles. The largest absolute Gasteiger partial charge is 0.573 e. The van der Waals surface area contributed by atoms with Gasteiger partial charge >= 0.3 is 12.5 Å². The van der Waals surface area contributed by atoms with E-state index in [0.29, 0.717) is 12.3 Å². The van der Waals surface area contributed by atoms with Crippen molar-refractivity contribution in [3.05, 3.63) is 70.9 Å². The lowest BCUT2D eigenvalue weighted by molar-refractivity contribution is -0.274. The third-order valence-corrected chi connectivity index (χ3v) is 4.05. The van der Waals surface area contributed by atoms with Gasteiger partial charge in [-0.05, 0) is 30.3 Å². The molecule has 0 saturated heterocycles. The fourth-order valence-corrected chi connectivity index (χ4v) is 2.57. The fraction of sp³-hybridized carbons (Fsp3) is 0.105. The van der Waals surface area contributed by atoms with Crippen molar-refractivity contribution in [3.63, 3.8) is 0 Å². The van der Waals surface area contributed by atoms with Crippen molar-refractivity contribution >= 4 is 23.2 Å². The van der Waals surface area contributed by atoms with Crippen LogP contribution in [-0.4, -0.2) is 22.2 Å². The van der Waals surface area contributed by atoms with Crippen molar-refractivity contribution in [1.29, 1.82) is 0 Å². The van der Waals surface area contributed by atoms with E-state index in [9.17, 15) is 35.5 Å². The summed E-state index contributed by atoms with van der Waals surface area (Å²) >= 11 is 5.86. The van der Waals surface area contributed by atoms with E-state index in [4.69, 9.17) is 16.3 Å². The molecule has 0 atom stereocenters. The Morgan fingerprint density at radius 3 is 2.27 bits per heavy atom. The molecule has 6 nitrogen and oxygen atoms in total. The molecule has 2 aromatic heterocycles. The number of aromatic nitrogens is 2. The van der Waals surface area contributed by atoms with E-state index in [-0.39, 0.29) is 11.4 Å². The number of pyridine rings is 2. The Morgan fingerprint density at radius 1 is 0.970 bits per heavy atom. The molecule has 14 heteroatoms. The monoisotopic (exact) mass is 495 g/mol. The van der Waals surface area contributed by atoms with Crippen LogP contribution in [0.1, 0.15) is 15.9 Å². The van der Waals surface area contributed by atoms with Crippen molar-refractivity contribution in [2.75, 3.05) is 5.32 Å². The first-order valence-electron chi connectivity index (χ1n) is 8.55. The first-order valence-corrected chi connectivity index (χ1v) is 8.93. The molecule has 33 heavy (non-hydrogen) atoms. The second kappa shape index (κ2) is 9.10. The van der Waals surface area contributed by atoms with Crippen molar-refractivity contribution in [3.8, 4) is 17.4 Å². The molecule has 174 valence electrons. The summed E-state index contributed by atoms with van der Waals surface area (Å²) in [6.07, 6.45) is -8.53. The van der Waals surface area contributed by atoms with Gasteiger partial charge in [0.15, 0.2) is 0 Å². The standard InChI is InChI=1S/C19H9ClF7N3O3/c20-13-6-11(33-19(25,26)27)2-3-14(13)32-17-12(5-9(7-29-17)18(22,23)24)16(31)30-10-1-4-15(21)28-8-10/h1-8H,(H,30,31). The average Bonchev–Trinajstić information content (AvgIpc) is 2.70. The van der Waals surface area contributed by atoms with Crippen molar-refractivity contribution in [1.82, 2.24) is 9.97 Å². The number of carbonyl (C=O) groups excluding carboxylic acids is 1. The minimum atomic E-state index is -4.98. The van der Waals surface area contributed by atoms with Crippen LogP contribution >= 0.6 is 11.6 Å². The molecule has 0 unspecified atom stereocenters. The smallest absolute Gasteiger partial charge is 0.437 e. The Morgan fingerprint density at radius 2 is 1.70 bits per heavy atom. The number of alkyl halides is 6. The van der Waals surface area contributed by atoms with Crippen LogP contribution in [0.5, 0.6) is 17.4 Å². The minimum absolute atomic E-state index is 0.0450. The molecular formula is C19H9ClF7N3O3. The molecule has 2 heterocycles. The van der Waals surface area contributed by atoms with E-state index < -0.39 is 52.2 Å². The number of benzene rings is 1. The zero-order valence-corrected chi connectivity index (χ0v) is 16.5. The number of ether oxygens (including phenoxy) is 2. The maximum atomic E-state index is 13.1. The lowest BCUT2D eigenvalue weighted by Gasteiger charge is -2.15. The van der Waals surface area contributed by atoms with Crippen LogP contribution < -0.4 is 14.8 Å². The lowest BCUT2D eigenvalue weighted by Crippen LogP contribution is -2.17. The molecule has 1 amide bonds. The molecule has 0 radical (unpaired) electrons. The maximum absolute atomic E-state index is 13.1. The van der Waals surface area contributed by atoms with Crippen LogP contribution in [-0.2, 0) is 6.18 Å². The Labute approximate surface area is 184 Å². The van der Waals surface area contributed by atoms with Crippen LogP contribution in [0.3, 0.4) is 0 Å². The molecule has 1 aromatic carbocycles. The van der Waals surface area contributed by atoms with E-state index in [2.05, 4.69) is 20.0 Å². The highest BCUT2D eigenvalue weighted by Crippen LogP contribution is 2.37. The summed E-state index contributed by atoms with van der Waals surface area (Å²) in [5, 5.41) is 1.80. The number of nitrogens with one attached hydrogen (secondary N) is 1. The van der Waals surface area contributed by atoms with E-state index in [0.717, 1.165) is 36.5 Å². The van der Waals surface area contributed by atoms with Crippen molar-refractivity contribution in [2.24, 2.45) is 0 Å². The van der Waals surface area contributed by atoms with Gasteiger partial charge in [0, 0.05) is 12.3 Å². The van der Waals surface area contributed by atoms with Gasteiger partial charge in [-0.1, -0.05) is 11.6 Å². The number of halogens is 8. The van der Waals surface area contributed by atoms with Gasteiger partial charge in [-0.3, -0.25) is 4.79 Å². The molecule has 1 N–H and O–H groups in total. The van der Waals surface area contributed by atoms with Crippen molar-refractivity contribution in [2.45, 2.75) is 12.5 Å². The number of carbonyl (C=O) groups is 1. The summed E-state index contributed by atoms with van der Waals surface area (Å²) in [5.74, 6) is -3.62. The van der Waals surface area contributed by atoms with Crippen LogP contribution in [0, 0.1) is 5.95 Å². The first kappa shape index (κ1) is 24.0. The van der Waals surface area contributed by atoms with E-state index in [1.165, 1.54) is 0 Å². The molecule has 0 bridgehead atoms. The second-order valence-electron chi connectivity index (χ2n) is 6.14. The van der Waals surface area contributed by atoms with Gasteiger partial charge in [0.1, 0.15) is 17.1 Å². The summed E-state index contributed by atoms with van der Waals surface area (Å²) in [7, 11) is 0. The number of anilines is 1. The third-order valence-electron chi connectivity index (χ3n) is 3.75. The van der Waals surface area contributed by atoms with Gasteiger partial charge in [-0.25, -0.2) is 9.97 Å². The number of hydrogen-bond acceptors (Lipinski definition) is 5. The molecule has 3 rings (SSSR count). The number of hydrogen-bond donors (Lipinski definition) is 1. The van der Waals surface area contributed by atoms with Gasteiger partial charge in [0.05, 0.1) is 22.5 Å². The SMILES string of the molecule is O=C(Nc1ccc(F)nc1)c1cc(C(F)(F)F)cnc1Oc1ccc(OC(F)(F)F)cc1Cl. The average molecular weight is 496 g/mol. The predicted molar refractivity (Wildman–Crippen MR) is 99.6 cm³/mol. The van der Waals surface area contributed by atoms with Gasteiger partial charge in [0.25, 0.3) is 5.91 Å². The quantitative estimate of drug-likeness (QED) is 0.335. The summed E-state index contributed by atoms with van der Waals surface area (Å²) in [5.41, 5.74) is -2.02. The highest BCUT2D eigenvalue weighted by molar-refractivity contribution is 6.32.